The average Bonchev–Trinajstić information content (AvgIpc) is 2.80. The summed E-state index contributed by atoms with van der Waals surface area (Å²) < 4.78 is 23.9. The van der Waals surface area contributed by atoms with E-state index < -0.39 is 11.7 Å². The maximum atomic E-state index is 13.1. The molecule has 0 saturated heterocycles. The van der Waals surface area contributed by atoms with Gasteiger partial charge in [-0.1, -0.05) is 24.3 Å². The molecule has 0 bridgehead atoms. The van der Waals surface area contributed by atoms with Gasteiger partial charge in [0, 0.05) is 17.8 Å². The van der Waals surface area contributed by atoms with Crippen molar-refractivity contribution in [2.75, 3.05) is 38.4 Å². The number of para-hydroxylation sites is 2. The number of methoxy groups -OCH3 is 2. The molecule has 3 aromatic carbocycles. The Hall–Kier alpha value is -3.91. The van der Waals surface area contributed by atoms with E-state index >= 15 is 0 Å². The molecule has 7 nitrogen and oxygen atoms in total. The van der Waals surface area contributed by atoms with Gasteiger partial charge in [-0.3, -0.25) is 14.5 Å². The zero-order chi connectivity index (χ0) is 23.8. The molecule has 2 amide bonds. The molecule has 0 aliphatic rings. The quantitative estimate of drug-likeness (QED) is 0.511. The van der Waals surface area contributed by atoms with Gasteiger partial charge < -0.3 is 20.1 Å². The third-order valence-corrected chi connectivity index (χ3v) is 4.89. The summed E-state index contributed by atoms with van der Waals surface area (Å²) >= 11 is 0. The minimum Gasteiger partial charge on any atom is -0.493 e. The van der Waals surface area contributed by atoms with E-state index in [9.17, 15) is 14.0 Å². The van der Waals surface area contributed by atoms with E-state index in [2.05, 4.69) is 10.6 Å². The maximum Gasteiger partial charge on any atom is 0.257 e. The van der Waals surface area contributed by atoms with Crippen LogP contribution in [-0.4, -0.2) is 44.5 Å². The summed E-state index contributed by atoms with van der Waals surface area (Å²) in [5.74, 6) is 0.161. The fraction of sp³-hybridized carbons (Fsp3) is 0.200. The third-order valence-electron chi connectivity index (χ3n) is 4.89. The second kappa shape index (κ2) is 11.1. The Bertz CT molecular complexity index is 1120. The Labute approximate surface area is 192 Å². The number of hydrogen-bond donors (Lipinski definition) is 2. The van der Waals surface area contributed by atoms with Crippen molar-refractivity contribution >= 4 is 23.2 Å². The van der Waals surface area contributed by atoms with Crippen LogP contribution in [0.15, 0.2) is 66.7 Å². The smallest absolute Gasteiger partial charge is 0.257 e. The van der Waals surface area contributed by atoms with Crippen LogP contribution in [0, 0.1) is 5.82 Å². The normalized spacial score (nSPS) is 10.6. The number of halogens is 1. The van der Waals surface area contributed by atoms with Gasteiger partial charge in [-0.2, -0.15) is 0 Å². The number of hydrogen-bond acceptors (Lipinski definition) is 5. The Morgan fingerprint density at radius 2 is 1.64 bits per heavy atom. The van der Waals surface area contributed by atoms with Crippen molar-refractivity contribution in [3.05, 3.63) is 83.7 Å². The van der Waals surface area contributed by atoms with Crippen LogP contribution >= 0.6 is 0 Å². The highest BCUT2D eigenvalue weighted by Crippen LogP contribution is 2.31. The monoisotopic (exact) mass is 451 g/mol. The molecule has 0 unspecified atom stereocenters. The van der Waals surface area contributed by atoms with Crippen molar-refractivity contribution in [3.8, 4) is 11.5 Å². The summed E-state index contributed by atoms with van der Waals surface area (Å²) in [5.41, 5.74) is 2.02. The number of ether oxygens (including phenoxy) is 2. The zero-order valence-electron chi connectivity index (χ0n) is 18.7. The molecule has 0 heterocycles. The zero-order valence-corrected chi connectivity index (χ0v) is 18.7. The molecule has 0 aromatic heterocycles. The minimum absolute atomic E-state index is 0.0915. The molecule has 33 heavy (non-hydrogen) atoms. The van der Waals surface area contributed by atoms with Crippen LogP contribution in [0.25, 0.3) is 0 Å². The van der Waals surface area contributed by atoms with Crippen molar-refractivity contribution in [1.82, 2.24) is 4.90 Å². The summed E-state index contributed by atoms with van der Waals surface area (Å²) in [6.45, 7) is 0.550. The van der Waals surface area contributed by atoms with Crippen LogP contribution in [0.3, 0.4) is 0 Å². The summed E-state index contributed by atoms with van der Waals surface area (Å²) in [6, 6.07) is 17.7. The molecule has 2 N–H and O–H groups in total. The topological polar surface area (TPSA) is 79.9 Å². The second-order valence-electron chi connectivity index (χ2n) is 7.38. The van der Waals surface area contributed by atoms with Crippen molar-refractivity contribution in [2.24, 2.45) is 0 Å². The van der Waals surface area contributed by atoms with Crippen LogP contribution in [0.4, 0.5) is 15.8 Å². The molecule has 0 aliphatic heterocycles. The van der Waals surface area contributed by atoms with Gasteiger partial charge in [0.25, 0.3) is 5.91 Å². The van der Waals surface area contributed by atoms with Crippen LogP contribution in [-0.2, 0) is 11.3 Å². The number of rotatable bonds is 9. The first-order chi connectivity index (χ1) is 15.9. The van der Waals surface area contributed by atoms with Gasteiger partial charge >= 0.3 is 0 Å². The number of anilines is 2. The lowest BCUT2D eigenvalue weighted by atomic mass is 10.1. The lowest BCUT2D eigenvalue weighted by Crippen LogP contribution is -2.30. The summed E-state index contributed by atoms with van der Waals surface area (Å²) in [7, 11) is 4.95. The summed E-state index contributed by atoms with van der Waals surface area (Å²) in [4.78, 5) is 27.2. The SMILES string of the molecule is COc1cccc(CN(C)CC(=O)Nc2ccccc2C(=O)Nc2ccc(F)cc2)c1OC. The van der Waals surface area contributed by atoms with E-state index in [0.717, 1.165) is 5.56 Å². The molecular weight excluding hydrogens is 425 g/mol. The highest BCUT2D eigenvalue weighted by molar-refractivity contribution is 6.10. The number of carbonyl (C=O) groups is 2. The Morgan fingerprint density at radius 3 is 2.33 bits per heavy atom. The van der Waals surface area contributed by atoms with Crippen molar-refractivity contribution < 1.29 is 23.5 Å². The maximum absolute atomic E-state index is 13.1. The van der Waals surface area contributed by atoms with Crippen LogP contribution in [0.1, 0.15) is 15.9 Å². The third kappa shape index (κ3) is 6.30. The molecule has 0 aliphatic carbocycles. The summed E-state index contributed by atoms with van der Waals surface area (Å²) in [5, 5.41) is 5.50. The molecule has 0 radical (unpaired) electrons. The molecule has 0 saturated carbocycles. The fourth-order valence-corrected chi connectivity index (χ4v) is 3.38. The van der Waals surface area contributed by atoms with Gasteiger partial charge in [0.2, 0.25) is 5.91 Å². The van der Waals surface area contributed by atoms with Crippen molar-refractivity contribution in [3.63, 3.8) is 0 Å². The Kier molecular flexibility index (Phi) is 7.99. The van der Waals surface area contributed by atoms with Gasteiger partial charge in [0.15, 0.2) is 11.5 Å². The first kappa shape index (κ1) is 23.7. The number of likely N-dealkylation sites (N-methyl/N-ethyl adjacent to an activating group) is 1. The van der Waals surface area contributed by atoms with Crippen LogP contribution in [0.2, 0.25) is 0 Å². The fourth-order valence-electron chi connectivity index (χ4n) is 3.38. The lowest BCUT2D eigenvalue weighted by Gasteiger charge is -2.19. The number of benzene rings is 3. The predicted octanol–water partition coefficient (Wildman–Crippen LogP) is 4.17. The highest BCUT2D eigenvalue weighted by Gasteiger charge is 2.16. The first-order valence-corrected chi connectivity index (χ1v) is 10.3. The van der Waals surface area contributed by atoms with Crippen LogP contribution < -0.4 is 20.1 Å². The number of nitrogens with one attached hydrogen (secondary N) is 2. The van der Waals surface area contributed by atoms with Crippen molar-refractivity contribution in [2.45, 2.75) is 6.54 Å². The molecule has 0 atom stereocenters. The number of carbonyl (C=O) groups excluding carboxylic acids is 2. The summed E-state index contributed by atoms with van der Waals surface area (Å²) in [6.07, 6.45) is 0. The molecule has 3 rings (SSSR count). The van der Waals surface area contributed by atoms with Gasteiger partial charge in [-0.25, -0.2) is 4.39 Å². The molecular formula is C25H26FN3O4. The van der Waals surface area contributed by atoms with E-state index in [1.807, 2.05) is 30.1 Å². The number of nitrogens with zero attached hydrogens (tertiary/aromatic N) is 1. The minimum atomic E-state index is -0.410. The van der Waals surface area contributed by atoms with Gasteiger partial charge in [-0.15, -0.1) is 0 Å². The second-order valence-corrected chi connectivity index (χ2v) is 7.38. The Balaban J connectivity index is 1.65. The standard InChI is InChI=1S/C25H26FN3O4/c1-29(15-17-7-6-10-22(32-2)24(17)33-3)16-23(30)28-21-9-5-4-8-20(21)25(31)27-19-13-11-18(26)12-14-19/h4-14H,15-16H2,1-3H3,(H,27,31)(H,28,30). The molecule has 0 fully saturated rings. The molecule has 172 valence electrons. The van der Waals surface area contributed by atoms with E-state index in [0.29, 0.717) is 35.0 Å². The van der Waals surface area contributed by atoms with E-state index in [1.54, 1.807) is 38.5 Å². The largest absolute Gasteiger partial charge is 0.493 e. The highest BCUT2D eigenvalue weighted by atomic mass is 19.1. The van der Waals surface area contributed by atoms with Crippen molar-refractivity contribution in [1.29, 1.82) is 0 Å². The van der Waals surface area contributed by atoms with Gasteiger partial charge in [-0.05, 0) is 49.5 Å². The number of amides is 2. The molecule has 0 spiro atoms. The lowest BCUT2D eigenvalue weighted by molar-refractivity contribution is -0.117. The van der Waals surface area contributed by atoms with Gasteiger partial charge in [0.1, 0.15) is 5.82 Å². The predicted molar refractivity (Wildman–Crippen MR) is 125 cm³/mol. The van der Waals surface area contributed by atoms with Gasteiger partial charge in [0.05, 0.1) is 32.0 Å². The molecule has 8 heteroatoms. The van der Waals surface area contributed by atoms with E-state index in [-0.39, 0.29) is 12.5 Å². The Morgan fingerprint density at radius 1 is 0.909 bits per heavy atom. The van der Waals surface area contributed by atoms with E-state index in [4.69, 9.17) is 9.47 Å². The average molecular weight is 451 g/mol. The molecule has 3 aromatic rings. The first-order valence-electron chi connectivity index (χ1n) is 10.3. The van der Waals surface area contributed by atoms with E-state index in [1.165, 1.54) is 24.3 Å². The van der Waals surface area contributed by atoms with Crippen LogP contribution in [0.5, 0.6) is 11.5 Å².